The molecule has 0 bridgehead atoms. The lowest BCUT2D eigenvalue weighted by Gasteiger charge is -2.28. The number of carboxylic acids is 1. The molecule has 0 aliphatic rings. The van der Waals surface area contributed by atoms with E-state index in [9.17, 15) is 4.79 Å². The van der Waals surface area contributed by atoms with Gasteiger partial charge in [0.2, 0.25) is 0 Å². The molecular formula is C12H24O4. The molecule has 0 atom stereocenters. The minimum Gasteiger partial charge on any atom is -0.481 e. The Labute approximate surface area is 97.9 Å². The quantitative estimate of drug-likeness (QED) is 0.465. The molecule has 1 N–H and O–H groups in total. The summed E-state index contributed by atoms with van der Waals surface area (Å²) in [5.41, 5.74) is 0. The second-order valence-corrected chi connectivity index (χ2v) is 4.11. The molecule has 16 heavy (non-hydrogen) atoms. The number of aliphatic carboxylic acids is 1. The number of hydrogen-bond donors (Lipinski definition) is 1. The van der Waals surface area contributed by atoms with E-state index in [1.807, 2.05) is 0 Å². The van der Waals surface area contributed by atoms with Gasteiger partial charge in [0, 0.05) is 0 Å². The molecule has 0 aliphatic heterocycles. The summed E-state index contributed by atoms with van der Waals surface area (Å²) in [4.78, 5) is 10.7. The Morgan fingerprint density at radius 2 is 1.56 bits per heavy atom. The normalized spacial score (nSPS) is 11.7. The average molecular weight is 232 g/mol. The topological polar surface area (TPSA) is 55.8 Å². The molecule has 0 aromatic carbocycles. The van der Waals surface area contributed by atoms with Crippen molar-refractivity contribution in [2.24, 2.45) is 0 Å². The number of carboxylic acid groups (broad SMARTS) is 1. The summed E-state index contributed by atoms with van der Waals surface area (Å²) in [6.07, 6.45) is 3.79. The third-order valence-electron chi connectivity index (χ3n) is 2.28. The fourth-order valence-electron chi connectivity index (χ4n) is 1.28. The lowest BCUT2D eigenvalue weighted by Crippen LogP contribution is -2.36. The number of carbonyl (C=O) groups is 1. The third-order valence-corrected chi connectivity index (χ3v) is 2.28. The maximum atomic E-state index is 10.7. The van der Waals surface area contributed by atoms with Crippen LogP contribution in [0.4, 0.5) is 0 Å². The SMILES string of the molecule is CCCCOC(C)(CC(=O)O)OCCCC. The molecule has 0 amide bonds. The molecule has 0 heterocycles. The molecule has 0 fully saturated rings. The Bertz CT molecular complexity index is 181. The van der Waals surface area contributed by atoms with Crippen LogP contribution in [0.5, 0.6) is 0 Å². The fraction of sp³-hybridized carbons (Fsp3) is 0.917. The number of ether oxygens (including phenoxy) is 2. The molecule has 96 valence electrons. The Kier molecular flexibility index (Phi) is 8.21. The summed E-state index contributed by atoms with van der Waals surface area (Å²) in [6.45, 7) is 6.93. The van der Waals surface area contributed by atoms with Crippen molar-refractivity contribution >= 4 is 5.97 Å². The highest BCUT2D eigenvalue weighted by Gasteiger charge is 2.28. The molecule has 0 saturated carbocycles. The summed E-state index contributed by atoms with van der Waals surface area (Å²) >= 11 is 0. The molecule has 0 aliphatic carbocycles. The summed E-state index contributed by atoms with van der Waals surface area (Å²) in [6, 6.07) is 0. The van der Waals surface area contributed by atoms with Crippen LogP contribution in [0.15, 0.2) is 0 Å². The van der Waals surface area contributed by atoms with Crippen molar-refractivity contribution in [1.29, 1.82) is 0 Å². The van der Waals surface area contributed by atoms with Crippen LogP contribution in [0.25, 0.3) is 0 Å². The first kappa shape index (κ1) is 15.4. The van der Waals surface area contributed by atoms with Gasteiger partial charge in [0.05, 0.1) is 19.6 Å². The smallest absolute Gasteiger partial charge is 0.308 e. The van der Waals surface area contributed by atoms with Gasteiger partial charge in [0.25, 0.3) is 0 Å². The molecule has 0 rings (SSSR count). The lowest BCUT2D eigenvalue weighted by molar-refractivity contribution is -0.231. The van der Waals surface area contributed by atoms with Gasteiger partial charge < -0.3 is 14.6 Å². The van der Waals surface area contributed by atoms with Crippen molar-refractivity contribution in [3.05, 3.63) is 0 Å². The number of rotatable bonds is 10. The van der Waals surface area contributed by atoms with Crippen molar-refractivity contribution in [2.45, 2.75) is 58.7 Å². The summed E-state index contributed by atoms with van der Waals surface area (Å²) in [5.74, 6) is -1.87. The van der Waals surface area contributed by atoms with Crippen LogP contribution in [0.2, 0.25) is 0 Å². The van der Waals surface area contributed by atoms with E-state index in [0.29, 0.717) is 13.2 Å². The van der Waals surface area contributed by atoms with E-state index in [1.165, 1.54) is 0 Å². The van der Waals surface area contributed by atoms with Gasteiger partial charge in [-0.15, -0.1) is 0 Å². The van der Waals surface area contributed by atoms with Gasteiger partial charge in [-0.3, -0.25) is 4.79 Å². The van der Waals surface area contributed by atoms with Gasteiger partial charge >= 0.3 is 5.97 Å². The molecule has 0 unspecified atom stereocenters. The zero-order valence-corrected chi connectivity index (χ0v) is 10.6. The zero-order chi connectivity index (χ0) is 12.4. The van der Waals surface area contributed by atoms with E-state index < -0.39 is 11.8 Å². The Morgan fingerprint density at radius 3 is 1.88 bits per heavy atom. The maximum Gasteiger partial charge on any atom is 0.308 e. The van der Waals surface area contributed by atoms with Gasteiger partial charge in [-0.1, -0.05) is 26.7 Å². The van der Waals surface area contributed by atoms with Crippen molar-refractivity contribution in [3.8, 4) is 0 Å². The maximum absolute atomic E-state index is 10.7. The predicted octanol–water partition coefficient (Wildman–Crippen LogP) is 2.81. The summed E-state index contributed by atoms with van der Waals surface area (Å²) < 4.78 is 11.0. The predicted molar refractivity (Wildman–Crippen MR) is 62.4 cm³/mol. The van der Waals surface area contributed by atoms with Crippen LogP contribution >= 0.6 is 0 Å². The first-order valence-electron chi connectivity index (χ1n) is 6.03. The second-order valence-electron chi connectivity index (χ2n) is 4.11. The van der Waals surface area contributed by atoms with E-state index in [-0.39, 0.29) is 6.42 Å². The zero-order valence-electron chi connectivity index (χ0n) is 10.6. The van der Waals surface area contributed by atoms with Gasteiger partial charge in [0.1, 0.15) is 0 Å². The van der Waals surface area contributed by atoms with E-state index >= 15 is 0 Å². The molecule has 4 heteroatoms. The van der Waals surface area contributed by atoms with Gasteiger partial charge in [0.15, 0.2) is 5.79 Å². The van der Waals surface area contributed by atoms with E-state index in [4.69, 9.17) is 14.6 Å². The first-order chi connectivity index (χ1) is 7.54. The highest BCUT2D eigenvalue weighted by Crippen LogP contribution is 2.18. The Balaban J connectivity index is 4.07. The van der Waals surface area contributed by atoms with Crippen LogP contribution in [0, 0.1) is 0 Å². The van der Waals surface area contributed by atoms with Crippen molar-refractivity contribution in [2.75, 3.05) is 13.2 Å². The Hall–Kier alpha value is -0.610. The van der Waals surface area contributed by atoms with Crippen LogP contribution < -0.4 is 0 Å². The highest BCUT2D eigenvalue weighted by atomic mass is 16.7. The van der Waals surface area contributed by atoms with Crippen LogP contribution in [0.1, 0.15) is 52.9 Å². The van der Waals surface area contributed by atoms with Crippen molar-refractivity contribution < 1.29 is 19.4 Å². The number of hydrogen-bond acceptors (Lipinski definition) is 3. The summed E-state index contributed by atoms with van der Waals surface area (Å²) in [7, 11) is 0. The van der Waals surface area contributed by atoms with Crippen molar-refractivity contribution in [1.82, 2.24) is 0 Å². The second kappa shape index (κ2) is 8.53. The van der Waals surface area contributed by atoms with E-state index in [0.717, 1.165) is 25.7 Å². The lowest BCUT2D eigenvalue weighted by atomic mass is 10.2. The number of unbranched alkanes of at least 4 members (excludes halogenated alkanes) is 2. The minimum atomic E-state index is -0.976. The summed E-state index contributed by atoms with van der Waals surface area (Å²) in [5, 5.41) is 8.80. The third kappa shape index (κ3) is 7.65. The fourth-order valence-corrected chi connectivity index (χ4v) is 1.28. The molecular weight excluding hydrogens is 208 g/mol. The molecule has 0 radical (unpaired) electrons. The van der Waals surface area contributed by atoms with Gasteiger partial charge in [-0.2, -0.15) is 0 Å². The molecule has 0 saturated heterocycles. The van der Waals surface area contributed by atoms with E-state index in [1.54, 1.807) is 6.92 Å². The highest BCUT2D eigenvalue weighted by molar-refractivity contribution is 5.67. The van der Waals surface area contributed by atoms with Crippen LogP contribution in [-0.2, 0) is 14.3 Å². The largest absolute Gasteiger partial charge is 0.481 e. The molecule has 0 aromatic heterocycles. The van der Waals surface area contributed by atoms with Gasteiger partial charge in [-0.25, -0.2) is 0 Å². The van der Waals surface area contributed by atoms with Crippen LogP contribution in [0.3, 0.4) is 0 Å². The van der Waals surface area contributed by atoms with Gasteiger partial charge in [-0.05, 0) is 19.8 Å². The minimum absolute atomic E-state index is 0.111. The average Bonchev–Trinajstić information content (AvgIpc) is 2.17. The van der Waals surface area contributed by atoms with Crippen LogP contribution in [-0.4, -0.2) is 30.1 Å². The molecule has 4 nitrogen and oxygen atoms in total. The van der Waals surface area contributed by atoms with Crippen molar-refractivity contribution in [3.63, 3.8) is 0 Å². The first-order valence-corrected chi connectivity index (χ1v) is 6.03. The monoisotopic (exact) mass is 232 g/mol. The molecule has 0 aromatic rings. The molecule has 0 spiro atoms. The standard InChI is InChI=1S/C12H24O4/c1-4-6-8-15-12(3,10-11(13)14)16-9-7-5-2/h4-10H2,1-3H3,(H,13,14). The Morgan fingerprint density at radius 1 is 1.12 bits per heavy atom. The van der Waals surface area contributed by atoms with E-state index in [2.05, 4.69) is 13.8 Å².